The molecule has 1 heterocycles. The van der Waals surface area contributed by atoms with Crippen molar-refractivity contribution >= 4 is 17.8 Å². The van der Waals surface area contributed by atoms with Crippen molar-refractivity contribution in [1.82, 2.24) is 5.48 Å². The zero-order valence-electron chi connectivity index (χ0n) is 13.4. The molecule has 1 aliphatic rings. The van der Waals surface area contributed by atoms with E-state index in [4.69, 9.17) is 9.94 Å². The molecule has 6 heteroatoms. The number of amides is 1. The molecule has 5 nitrogen and oxygen atoms in total. The number of halogens is 1. The fourth-order valence-electron chi connectivity index (χ4n) is 2.91. The third-order valence-electron chi connectivity index (χ3n) is 4.12. The first-order valence-electron chi connectivity index (χ1n) is 7.86. The highest BCUT2D eigenvalue weighted by Gasteiger charge is 2.22. The zero-order chi connectivity index (χ0) is 18.1. The number of aliphatic imine (C=N–C) groups is 1. The second-order valence-corrected chi connectivity index (χ2v) is 5.65. The van der Waals surface area contributed by atoms with E-state index in [-0.39, 0.29) is 11.3 Å². The Hall–Kier alpha value is -3.51. The van der Waals surface area contributed by atoms with Crippen LogP contribution in [0.4, 0.5) is 10.1 Å². The van der Waals surface area contributed by atoms with E-state index in [1.54, 1.807) is 54.0 Å². The number of carbonyl (C=O) groups excluding carboxylic acids is 1. The van der Waals surface area contributed by atoms with E-state index in [9.17, 15) is 9.18 Å². The van der Waals surface area contributed by atoms with E-state index in [0.29, 0.717) is 28.1 Å². The first-order valence-corrected chi connectivity index (χ1v) is 7.86. The first kappa shape index (κ1) is 16.0. The summed E-state index contributed by atoms with van der Waals surface area (Å²) >= 11 is 0. The average Bonchev–Trinajstić information content (AvgIpc) is 2.88. The number of benzene rings is 3. The fourth-order valence-corrected chi connectivity index (χ4v) is 2.91. The summed E-state index contributed by atoms with van der Waals surface area (Å²) < 4.78 is 20.2. The van der Waals surface area contributed by atoms with Gasteiger partial charge < -0.3 is 4.74 Å². The van der Waals surface area contributed by atoms with Gasteiger partial charge in [-0.25, -0.2) is 9.87 Å². The van der Waals surface area contributed by atoms with Crippen molar-refractivity contribution in [1.29, 1.82) is 0 Å². The number of nitrogens with one attached hydrogen (secondary N) is 1. The molecule has 3 aromatic rings. The molecule has 0 aliphatic carbocycles. The average molecular weight is 348 g/mol. The molecule has 1 amide bonds. The predicted octanol–water partition coefficient (Wildman–Crippen LogP) is 4.47. The highest BCUT2D eigenvalue weighted by molar-refractivity contribution is 6.04. The van der Waals surface area contributed by atoms with Crippen LogP contribution in [0.2, 0.25) is 0 Å². The number of hydroxylamine groups is 1. The maximum atomic E-state index is 14.5. The Morgan fingerprint density at radius 2 is 1.77 bits per heavy atom. The topological polar surface area (TPSA) is 70.9 Å². The van der Waals surface area contributed by atoms with E-state index in [1.165, 1.54) is 12.3 Å². The second-order valence-electron chi connectivity index (χ2n) is 5.65. The van der Waals surface area contributed by atoms with Crippen LogP contribution in [0.5, 0.6) is 11.5 Å². The highest BCUT2D eigenvalue weighted by Crippen LogP contribution is 2.41. The SMILES string of the molecule is O=C(NO)c1ccccc1-c1ccc(F)c2c1C=Nc1ccccc1O2. The standard InChI is InChI=1S/C20H13FN2O3/c21-16-10-9-13(12-5-1-2-6-14(12)20(24)23-25)15-11-22-17-7-3-4-8-18(17)26-19(15)16/h1-11,25H,(H,23,24). The Morgan fingerprint density at radius 1 is 1.00 bits per heavy atom. The molecule has 3 aromatic carbocycles. The molecule has 0 saturated heterocycles. The van der Waals surface area contributed by atoms with E-state index in [2.05, 4.69) is 4.99 Å². The summed E-state index contributed by atoms with van der Waals surface area (Å²) in [5, 5.41) is 8.99. The van der Waals surface area contributed by atoms with Crippen LogP contribution in [0, 0.1) is 5.82 Å². The Bertz CT molecular complexity index is 1050. The normalized spacial score (nSPS) is 11.8. The summed E-state index contributed by atoms with van der Waals surface area (Å²) in [6.45, 7) is 0. The van der Waals surface area contributed by atoms with Crippen molar-refractivity contribution in [2.75, 3.05) is 0 Å². The summed E-state index contributed by atoms with van der Waals surface area (Å²) in [5.41, 5.74) is 3.97. The molecule has 0 saturated carbocycles. The third-order valence-corrected chi connectivity index (χ3v) is 4.12. The minimum Gasteiger partial charge on any atom is -0.451 e. The van der Waals surface area contributed by atoms with Gasteiger partial charge in [0.15, 0.2) is 17.3 Å². The molecule has 0 fully saturated rings. The molecule has 0 atom stereocenters. The quantitative estimate of drug-likeness (QED) is 0.415. The molecule has 4 rings (SSSR count). The number of hydrogen-bond acceptors (Lipinski definition) is 4. The van der Waals surface area contributed by atoms with Gasteiger partial charge in [-0.05, 0) is 35.4 Å². The van der Waals surface area contributed by atoms with Crippen molar-refractivity contribution in [2.24, 2.45) is 4.99 Å². The minimum absolute atomic E-state index is 0.0374. The number of para-hydroxylation sites is 2. The third kappa shape index (κ3) is 2.62. The summed E-state index contributed by atoms with van der Waals surface area (Å²) in [4.78, 5) is 16.4. The zero-order valence-corrected chi connectivity index (χ0v) is 13.4. The maximum absolute atomic E-state index is 14.5. The number of fused-ring (bicyclic) bond motifs is 2. The molecule has 0 aromatic heterocycles. The summed E-state index contributed by atoms with van der Waals surface area (Å²) in [6.07, 6.45) is 1.52. The van der Waals surface area contributed by atoms with Gasteiger partial charge in [0, 0.05) is 17.3 Å². The molecule has 0 radical (unpaired) electrons. The lowest BCUT2D eigenvalue weighted by Crippen LogP contribution is -2.19. The lowest BCUT2D eigenvalue weighted by atomic mass is 9.94. The van der Waals surface area contributed by atoms with Crippen molar-refractivity contribution in [2.45, 2.75) is 0 Å². The Morgan fingerprint density at radius 3 is 2.62 bits per heavy atom. The van der Waals surface area contributed by atoms with Crippen LogP contribution < -0.4 is 10.2 Å². The lowest BCUT2D eigenvalue weighted by Gasteiger charge is -2.14. The monoisotopic (exact) mass is 348 g/mol. The summed E-state index contributed by atoms with van der Waals surface area (Å²) in [5.74, 6) is -0.709. The van der Waals surface area contributed by atoms with Crippen LogP contribution in [-0.2, 0) is 0 Å². The molecule has 2 N–H and O–H groups in total. The van der Waals surface area contributed by atoms with Gasteiger partial charge in [0.05, 0.1) is 0 Å². The van der Waals surface area contributed by atoms with Crippen molar-refractivity contribution in [3.05, 3.63) is 77.6 Å². The smallest absolute Gasteiger partial charge is 0.275 e. The van der Waals surface area contributed by atoms with Crippen molar-refractivity contribution in [3.63, 3.8) is 0 Å². The van der Waals surface area contributed by atoms with Crippen LogP contribution >= 0.6 is 0 Å². The highest BCUT2D eigenvalue weighted by atomic mass is 19.1. The van der Waals surface area contributed by atoms with Gasteiger partial charge in [0.2, 0.25) is 0 Å². The van der Waals surface area contributed by atoms with Gasteiger partial charge in [-0.1, -0.05) is 36.4 Å². The Kier molecular flexibility index (Phi) is 3.95. The lowest BCUT2D eigenvalue weighted by molar-refractivity contribution is 0.0707. The van der Waals surface area contributed by atoms with Gasteiger partial charge in [-0.3, -0.25) is 15.0 Å². The number of carbonyl (C=O) groups is 1. The number of rotatable bonds is 2. The Labute approximate surface area is 148 Å². The van der Waals surface area contributed by atoms with E-state index in [1.807, 2.05) is 6.07 Å². The first-order chi connectivity index (χ1) is 12.7. The number of ether oxygens (including phenoxy) is 1. The van der Waals surface area contributed by atoms with E-state index >= 15 is 0 Å². The van der Waals surface area contributed by atoms with Crippen LogP contribution in [0.15, 0.2) is 65.7 Å². The largest absolute Gasteiger partial charge is 0.451 e. The summed E-state index contributed by atoms with van der Waals surface area (Å²) in [7, 11) is 0. The van der Waals surface area contributed by atoms with Crippen LogP contribution in [0.25, 0.3) is 11.1 Å². The molecule has 0 spiro atoms. The molecule has 0 unspecified atom stereocenters. The molecular weight excluding hydrogens is 335 g/mol. The second kappa shape index (κ2) is 6.42. The summed E-state index contributed by atoms with van der Waals surface area (Å²) in [6, 6.07) is 16.6. The van der Waals surface area contributed by atoms with Crippen molar-refractivity contribution in [3.8, 4) is 22.6 Å². The number of nitrogens with zero attached hydrogens (tertiary/aromatic N) is 1. The molecule has 0 bridgehead atoms. The van der Waals surface area contributed by atoms with Crippen molar-refractivity contribution < 1.29 is 19.1 Å². The number of hydrogen-bond donors (Lipinski definition) is 2. The van der Waals surface area contributed by atoms with E-state index in [0.717, 1.165) is 0 Å². The molecular formula is C20H13FN2O3. The molecule has 1 aliphatic heterocycles. The maximum Gasteiger partial charge on any atom is 0.275 e. The van der Waals surface area contributed by atoms with Gasteiger partial charge >= 0.3 is 0 Å². The van der Waals surface area contributed by atoms with Gasteiger partial charge in [0.1, 0.15) is 5.69 Å². The molecule has 128 valence electrons. The van der Waals surface area contributed by atoms with Crippen LogP contribution in [0.1, 0.15) is 15.9 Å². The van der Waals surface area contributed by atoms with Gasteiger partial charge in [-0.2, -0.15) is 0 Å². The fraction of sp³-hybridized carbons (Fsp3) is 0. The van der Waals surface area contributed by atoms with Crippen LogP contribution in [0.3, 0.4) is 0 Å². The molecule has 26 heavy (non-hydrogen) atoms. The minimum atomic E-state index is -0.659. The van der Waals surface area contributed by atoms with Gasteiger partial charge in [0.25, 0.3) is 5.91 Å². The van der Waals surface area contributed by atoms with E-state index < -0.39 is 11.7 Å². The van der Waals surface area contributed by atoms with Crippen LogP contribution in [-0.4, -0.2) is 17.3 Å². The predicted molar refractivity (Wildman–Crippen MR) is 94.9 cm³/mol. The van der Waals surface area contributed by atoms with Gasteiger partial charge in [-0.15, -0.1) is 0 Å². The Balaban J connectivity index is 1.95.